The molecule has 208 valence electrons. The van der Waals surface area contributed by atoms with Crippen molar-refractivity contribution < 1.29 is 28.7 Å². The van der Waals surface area contributed by atoms with E-state index >= 15 is 0 Å². The Morgan fingerprint density at radius 1 is 1.13 bits per heavy atom. The number of aromatic nitrogens is 1. The summed E-state index contributed by atoms with van der Waals surface area (Å²) in [6.07, 6.45) is 3.70. The van der Waals surface area contributed by atoms with E-state index in [1.165, 1.54) is 12.1 Å². The highest BCUT2D eigenvalue weighted by Gasteiger charge is 2.35. The smallest absolute Gasteiger partial charge is 0.410 e. The molecule has 0 radical (unpaired) electrons. The van der Waals surface area contributed by atoms with E-state index in [4.69, 9.17) is 9.94 Å². The lowest BCUT2D eigenvalue weighted by molar-refractivity contribution is -0.129. The standard InChI is InChI=1S/C28H39FN4O5/c1-28(2,3)38-27(36)32-15-13-31(14-16-32)18-19-8-10-23-25(26(19)35)21-17-20(29)9-11-22(21)33(23)12-6-4-5-7-24(34)30-37/h9,11,17,19,37H,4-8,10,12-16,18H2,1-3H3,(H,30,34). The molecule has 1 unspecified atom stereocenters. The molecular formula is C28H39FN4O5. The van der Waals surface area contributed by atoms with Crippen LogP contribution in [0.5, 0.6) is 0 Å². The third-order valence-corrected chi connectivity index (χ3v) is 7.39. The van der Waals surface area contributed by atoms with E-state index in [2.05, 4.69) is 9.47 Å². The van der Waals surface area contributed by atoms with Gasteiger partial charge in [0.25, 0.3) is 0 Å². The number of unbranched alkanes of at least 4 members (excludes halogenated alkanes) is 2. The molecule has 2 amide bonds. The Hall–Kier alpha value is -2.98. The first-order chi connectivity index (χ1) is 18.1. The summed E-state index contributed by atoms with van der Waals surface area (Å²) in [6, 6.07) is 4.65. The quantitative estimate of drug-likeness (QED) is 0.302. The average Bonchev–Trinajstić information content (AvgIpc) is 3.17. The number of rotatable bonds is 8. The summed E-state index contributed by atoms with van der Waals surface area (Å²) in [7, 11) is 0. The Labute approximate surface area is 222 Å². The number of fused-ring (bicyclic) bond motifs is 3. The third-order valence-electron chi connectivity index (χ3n) is 7.39. The largest absolute Gasteiger partial charge is 0.444 e. The molecule has 0 spiro atoms. The van der Waals surface area contributed by atoms with Gasteiger partial charge in [-0.3, -0.25) is 19.7 Å². The lowest BCUT2D eigenvalue weighted by atomic mass is 9.84. The number of piperazine rings is 1. The van der Waals surface area contributed by atoms with Gasteiger partial charge < -0.3 is 14.2 Å². The van der Waals surface area contributed by atoms with Crippen LogP contribution < -0.4 is 5.48 Å². The summed E-state index contributed by atoms with van der Waals surface area (Å²) < 4.78 is 21.9. The predicted octanol–water partition coefficient (Wildman–Crippen LogP) is 4.14. The van der Waals surface area contributed by atoms with Crippen LogP contribution in [-0.4, -0.2) is 75.7 Å². The number of benzene rings is 1. The SMILES string of the molecule is CC(C)(C)OC(=O)N1CCN(CC2CCc3c(c4cc(F)ccc4n3CCCCCC(=O)NO)C2=O)CC1. The van der Waals surface area contributed by atoms with E-state index in [-0.39, 0.29) is 30.0 Å². The number of ether oxygens (including phenoxy) is 1. The van der Waals surface area contributed by atoms with Gasteiger partial charge in [0.1, 0.15) is 11.4 Å². The summed E-state index contributed by atoms with van der Waals surface area (Å²) in [5.41, 5.74) is 3.59. The first kappa shape index (κ1) is 28.0. The van der Waals surface area contributed by atoms with Crippen LogP contribution in [0, 0.1) is 11.7 Å². The number of hydrogen-bond acceptors (Lipinski definition) is 6. The fourth-order valence-corrected chi connectivity index (χ4v) is 5.53. The van der Waals surface area contributed by atoms with Crippen LogP contribution in [0.2, 0.25) is 0 Å². The molecule has 0 bridgehead atoms. The van der Waals surface area contributed by atoms with Crippen LogP contribution in [0.4, 0.5) is 9.18 Å². The van der Waals surface area contributed by atoms with Crippen molar-refractivity contribution in [1.82, 2.24) is 19.8 Å². The minimum absolute atomic E-state index is 0.0646. The molecule has 38 heavy (non-hydrogen) atoms. The van der Waals surface area contributed by atoms with E-state index in [9.17, 15) is 18.8 Å². The molecule has 0 saturated carbocycles. The molecule has 4 rings (SSSR count). The van der Waals surface area contributed by atoms with Crippen molar-refractivity contribution in [3.8, 4) is 0 Å². The minimum atomic E-state index is -0.532. The zero-order valence-corrected chi connectivity index (χ0v) is 22.6. The zero-order valence-electron chi connectivity index (χ0n) is 22.6. The summed E-state index contributed by atoms with van der Waals surface area (Å²) >= 11 is 0. The summed E-state index contributed by atoms with van der Waals surface area (Å²) in [4.78, 5) is 41.3. The van der Waals surface area contributed by atoms with E-state index in [1.54, 1.807) is 16.4 Å². The third kappa shape index (κ3) is 6.53. The van der Waals surface area contributed by atoms with E-state index in [0.29, 0.717) is 56.6 Å². The Morgan fingerprint density at radius 3 is 2.55 bits per heavy atom. The molecule has 1 saturated heterocycles. The zero-order chi connectivity index (χ0) is 27.4. The van der Waals surface area contributed by atoms with Crippen molar-refractivity contribution in [1.29, 1.82) is 0 Å². The van der Waals surface area contributed by atoms with Crippen LogP contribution in [0.1, 0.15) is 68.9 Å². The fraction of sp³-hybridized carbons (Fsp3) is 0.607. The van der Waals surface area contributed by atoms with Gasteiger partial charge in [0, 0.05) is 73.8 Å². The molecular weight excluding hydrogens is 491 g/mol. The molecule has 1 aromatic carbocycles. The summed E-state index contributed by atoms with van der Waals surface area (Å²) in [5, 5.41) is 9.32. The van der Waals surface area contributed by atoms with Crippen molar-refractivity contribution in [2.75, 3.05) is 32.7 Å². The number of aryl methyl sites for hydroxylation is 1. The topological polar surface area (TPSA) is 104 Å². The number of amides is 2. The van der Waals surface area contributed by atoms with Crippen molar-refractivity contribution in [3.63, 3.8) is 0 Å². The lowest BCUT2D eigenvalue weighted by Crippen LogP contribution is -2.51. The molecule has 2 aromatic rings. The number of hydrogen-bond donors (Lipinski definition) is 2. The monoisotopic (exact) mass is 530 g/mol. The first-order valence-corrected chi connectivity index (χ1v) is 13.6. The van der Waals surface area contributed by atoms with Gasteiger partial charge in [-0.05, 0) is 64.7 Å². The molecule has 1 aliphatic carbocycles. The Kier molecular flexibility index (Phi) is 8.72. The van der Waals surface area contributed by atoms with Gasteiger partial charge in [-0.15, -0.1) is 0 Å². The second-order valence-electron chi connectivity index (χ2n) is 11.3. The molecule has 10 heteroatoms. The van der Waals surface area contributed by atoms with Gasteiger partial charge in [-0.25, -0.2) is 14.7 Å². The first-order valence-electron chi connectivity index (χ1n) is 13.6. The number of halogens is 1. The van der Waals surface area contributed by atoms with Gasteiger partial charge in [0.05, 0.1) is 0 Å². The van der Waals surface area contributed by atoms with Gasteiger partial charge in [-0.2, -0.15) is 0 Å². The Bertz CT molecular complexity index is 1180. The van der Waals surface area contributed by atoms with Crippen molar-refractivity contribution in [3.05, 3.63) is 35.3 Å². The highest BCUT2D eigenvalue weighted by atomic mass is 19.1. The average molecular weight is 531 g/mol. The Balaban J connectivity index is 1.42. The number of ketones is 1. The van der Waals surface area contributed by atoms with E-state index in [1.807, 2.05) is 20.8 Å². The van der Waals surface area contributed by atoms with Gasteiger partial charge in [0.15, 0.2) is 5.78 Å². The number of hydroxylamine groups is 1. The number of carbonyl (C=O) groups is 3. The molecule has 1 atom stereocenters. The highest BCUT2D eigenvalue weighted by molar-refractivity contribution is 6.11. The Morgan fingerprint density at radius 2 is 1.87 bits per heavy atom. The number of nitrogens with one attached hydrogen (secondary N) is 1. The maximum Gasteiger partial charge on any atom is 0.410 e. The number of nitrogens with zero attached hydrogens (tertiary/aromatic N) is 3. The van der Waals surface area contributed by atoms with Crippen LogP contribution in [-0.2, 0) is 22.5 Å². The second kappa shape index (κ2) is 11.8. The molecule has 1 fully saturated rings. The molecule has 2 N–H and O–H groups in total. The number of carbonyl (C=O) groups excluding carboxylic acids is 3. The minimum Gasteiger partial charge on any atom is -0.444 e. The van der Waals surface area contributed by atoms with E-state index < -0.39 is 11.5 Å². The maximum atomic E-state index is 14.2. The fourth-order valence-electron chi connectivity index (χ4n) is 5.53. The summed E-state index contributed by atoms with van der Waals surface area (Å²) in [6.45, 7) is 9.35. The molecule has 1 aromatic heterocycles. The van der Waals surface area contributed by atoms with Crippen LogP contribution in [0.15, 0.2) is 18.2 Å². The molecule has 1 aliphatic heterocycles. The molecule has 9 nitrogen and oxygen atoms in total. The van der Waals surface area contributed by atoms with Gasteiger partial charge in [0.2, 0.25) is 5.91 Å². The molecule has 2 heterocycles. The predicted molar refractivity (Wildman–Crippen MR) is 141 cm³/mol. The second-order valence-corrected chi connectivity index (χ2v) is 11.3. The van der Waals surface area contributed by atoms with Crippen LogP contribution in [0.3, 0.4) is 0 Å². The lowest BCUT2D eigenvalue weighted by Gasteiger charge is -2.37. The van der Waals surface area contributed by atoms with Crippen LogP contribution in [0.25, 0.3) is 10.9 Å². The number of Topliss-reactive ketones (excluding diaryl/α,β-unsaturated/α-hetero) is 1. The van der Waals surface area contributed by atoms with Crippen molar-refractivity contribution >= 4 is 28.7 Å². The molecule has 2 aliphatic rings. The van der Waals surface area contributed by atoms with Gasteiger partial charge >= 0.3 is 6.09 Å². The normalized spacial score (nSPS) is 18.5. The van der Waals surface area contributed by atoms with Gasteiger partial charge in [-0.1, -0.05) is 6.42 Å². The van der Waals surface area contributed by atoms with Crippen molar-refractivity contribution in [2.45, 2.75) is 71.4 Å². The maximum absolute atomic E-state index is 14.2. The summed E-state index contributed by atoms with van der Waals surface area (Å²) in [5.74, 6) is -0.863. The van der Waals surface area contributed by atoms with Crippen molar-refractivity contribution in [2.24, 2.45) is 5.92 Å². The van der Waals surface area contributed by atoms with Crippen LogP contribution >= 0.6 is 0 Å². The van der Waals surface area contributed by atoms with E-state index in [0.717, 1.165) is 36.9 Å². The highest BCUT2D eigenvalue weighted by Crippen LogP contribution is 2.35.